The van der Waals surface area contributed by atoms with Gasteiger partial charge in [-0.2, -0.15) is 0 Å². The fourth-order valence-corrected chi connectivity index (χ4v) is 4.08. The quantitative estimate of drug-likeness (QED) is 0.302. The standard InChI is InChI=1S/C24H23F2N5O3/c1-13-28-16-4-3-5-17(21(16)23(34)31(13)18-10-11-20(32)30-22(18)33)29-19(27)12-14-6-8-15(9-7-14)24(2,25)26/h3-9,18H,10-12H2,1-2H3,(H2,27,29)(H,30,32,33). The SMILES string of the molecule is Cc1nc2cccc(NC(=N)Cc3ccc(C(C)(F)F)cc3)c2c(=O)n1C1CCC(=O)NC1=O. The lowest BCUT2D eigenvalue weighted by Crippen LogP contribution is -2.45. The fourth-order valence-electron chi connectivity index (χ4n) is 4.08. The molecule has 2 aromatic carbocycles. The number of nitrogens with zero attached hydrogens (tertiary/aromatic N) is 2. The van der Waals surface area contributed by atoms with Crippen molar-refractivity contribution in [3.63, 3.8) is 0 Å². The van der Waals surface area contributed by atoms with Gasteiger partial charge in [0.15, 0.2) is 0 Å². The highest BCUT2D eigenvalue weighted by Crippen LogP contribution is 2.27. The van der Waals surface area contributed by atoms with Crippen molar-refractivity contribution in [2.24, 2.45) is 0 Å². The Balaban J connectivity index is 1.64. The van der Waals surface area contributed by atoms with Crippen molar-refractivity contribution >= 4 is 34.2 Å². The number of hydrogen-bond acceptors (Lipinski definition) is 5. The van der Waals surface area contributed by atoms with Gasteiger partial charge in [0.25, 0.3) is 11.5 Å². The van der Waals surface area contributed by atoms with Gasteiger partial charge in [0, 0.05) is 25.3 Å². The Labute approximate surface area is 193 Å². The first kappa shape index (κ1) is 23.2. The van der Waals surface area contributed by atoms with Gasteiger partial charge in [-0.15, -0.1) is 0 Å². The van der Waals surface area contributed by atoms with Gasteiger partial charge in [-0.3, -0.25) is 29.7 Å². The first-order valence-corrected chi connectivity index (χ1v) is 10.7. The van der Waals surface area contributed by atoms with E-state index in [1.54, 1.807) is 25.1 Å². The normalized spacial score (nSPS) is 16.4. The lowest BCUT2D eigenvalue weighted by molar-refractivity contribution is -0.135. The molecule has 0 saturated carbocycles. The van der Waals surface area contributed by atoms with Crippen LogP contribution >= 0.6 is 0 Å². The van der Waals surface area contributed by atoms with E-state index in [0.29, 0.717) is 22.6 Å². The summed E-state index contributed by atoms with van der Waals surface area (Å²) >= 11 is 0. The highest BCUT2D eigenvalue weighted by atomic mass is 19.3. The molecule has 1 fully saturated rings. The van der Waals surface area contributed by atoms with Crippen molar-refractivity contribution in [2.45, 2.75) is 45.1 Å². The monoisotopic (exact) mass is 467 g/mol. The molecule has 3 aromatic rings. The third-order valence-electron chi connectivity index (χ3n) is 5.76. The molecule has 34 heavy (non-hydrogen) atoms. The number of carbonyl (C=O) groups is 2. The average molecular weight is 467 g/mol. The van der Waals surface area contributed by atoms with Gasteiger partial charge in [-0.1, -0.05) is 30.3 Å². The lowest BCUT2D eigenvalue weighted by atomic mass is 10.0. The van der Waals surface area contributed by atoms with Crippen LogP contribution in [0.5, 0.6) is 0 Å². The summed E-state index contributed by atoms with van der Waals surface area (Å²) in [6, 6.07) is 9.85. The predicted molar refractivity (Wildman–Crippen MR) is 123 cm³/mol. The number of rotatable bonds is 5. The second kappa shape index (κ2) is 8.77. The minimum absolute atomic E-state index is 0.0519. The van der Waals surface area contributed by atoms with Crippen molar-refractivity contribution in [3.8, 4) is 0 Å². The molecule has 0 bridgehead atoms. The van der Waals surface area contributed by atoms with E-state index in [-0.39, 0.29) is 42.0 Å². The van der Waals surface area contributed by atoms with Gasteiger partial charge in [-0.25, -0.2) is 13.8 Å². The van der Waals surface area contributed by atoms with E-state index in [2.05, 4.69) is 15.6 Å². The van der Waals surface area contributed by atoms with Crippen molar-refractivity contribution in [1.82, 2.24) is 14.9 Å². The molecule has 1 unspecified atom stereocenters. The van der Waals surface area contributed by atoms with E-state index in [1.165, 1.54) is 28.8 Å². The van der Waals surface area contributed by atoms with Gasteiger partial charge in [0.2, 0.25) is 11.8 Å². The largest absolute Gasteiger partial charge is 0.343 e. The van der Waals surface area contributed by atoms with E-state index < -0.39 is 23.4 Å². The zero-order valence-corrected chi connectivity index (χ0v) is 18.6. The summed E-state index contributed by atoms with van der Waals surface area (Å²) in [6.07, 6.45) is 0.441. The van der Waals surface area contributed by atoms with Crippen LogP contribution in [0.15, 0.2) is 47.3 Å². The summed E-state index contributed by atoms with van der Waals surface area (Å²) < 4.78 is 28.1. The van der Waals surface area contributed by atoms with Crippen molar-refractivity contribution in [3.05, 3.63) is 69.8 Å². The summed E-state index contributed by atoms with van der Waals surface area (Å²) in [6.45, 7) is 2.44. The zero-order chi connectivity index (χ0) is 24.6. The van der Waals surface area contributed by atoms with Gasteiger partial charge in [0.1, 0.15) is 17.7 Å². The number of aromatic nitrogens is 2. The fraction of sp³-hybridized carbons (Fsp3) is 0.292. The lowest BCUT2D eigenvalue weighted by Gasteiger charge is -2.24. The number of hydrogen-bond donors (Lipinski definition) is 3. The number of nitrogens with one attached hydrogen (secondary N) is 3. The first-order valence-electron chi connectivity index (χ1n) is 10.7. The van der Waals surface area contributed by atoms with E-state index in [9.17, 15) is 23.2 Å². The molecule has 176 valence electrons. The maximum Gasteiger partial charge on any atom is 0.270 e. The molecule has 1 aliphatic heterocycles. The second-order valence-electron chi connectivity index (χ2n) is 8.37. The average Bonchev–Trinajstić information content (AvgIpc) is 2.74. The van der Waals surface area contributed by atoms with Gasteiger partial charge < -0.3 is 5.32 Å². The number of anilines is 1. The molecule has 2 heterocycles. The van der Waals surface area contributed by atoms with E-state index in [4.69, 9.17) is 5.41 Å². The number of amidine groups is 1. The zero-order valence-electron chi connectivity index (χ0n) is 18.6. The van der Waals surface area contributed by atoms with Crippen molar-refractivity contribution in [2.75, 3.05) is 5.32 Å². The van der Waals surface area contributed by atoms with Crippen LogP contribution in [0.1, 0.15) is 42.8 Å². The molecule has 3 N–H and O–H groups in total. The van der Waals surface area contributed by atoms with Crippen LogP contribution in [0, 0.1) is 12.3 Å². The molecule has 2 amide bonds. The van der Waals surface area contributed by atoms with E-state index in [1.807, 2.05) is 0 Å². The summed E-state index contributed by atoms with van der Waals surface area (Å²) in [5.41, 5.74) is 0.833. The number of piperidine rings is 1. The molecular weight excluding hydrogens is 444 g/mol. The minimum atomic E-state index is -2.94. The van der Waals surface area contributed by atoms with Gasteiger partial charge in [-0.05, 0) is 31.0 Å². The summed E-state index contributed by atoms with van der Waals surface area (Å²) in [5, 5.41) is 13.7. The number of alkyl halides is 2. The topological polar surface area (TPSA) is 117 Å². The molecule has 1 saturated heterocycles. The minimum Gasteiger partial charge on any atom is -0.343 e. The number of halogens is 2. The predicted octanol–water partition coefficient (Wildman–Crippen LogP) is 3.43. The molecule has 0 spiro atoms. The second-order valence-corrected chi connectivity index (χ2v) is 8.37. The van der Waals surface area contributed by atoms with E-state index in [0.717, 1.165) is 6.92 Å². The van der Waals surface area contributed by atoms with Gasteiger partial charge in [0.05, 0.1) is 16.6 Å². The number of benzene rings is 2. The highest BCUT2D eigenvalue weighted by molar-refractivity contribution is 6.03. The Morgan fingerprint density at radius 1 is 1.21 bits per heavy atom. The van der Waals surface area contributed by atoms with Gasteiger partial charge >= 0.3 is 0 Å². The van der Waals surface area contributed by atoms with Crippen LogP contribution in [0.3, 0.4) is 0 Å². The summed E-state index contributed by atoms with van der Waals surface area (Å²) in [7, 11) is 0. The number of imide groups is 1. The third-order valence-corrected chi connectivity index (χ3v) is 5.76. The molecule has 10 heteroatoms. The molecule has 8 nitrogen and oxygen atoms in total. The van der Waals surface area contributed by atoms with Crippen LogP contribution in [0.25, 0.3) is 10.9 Å². The number of carbonyl (C=O) groups excluding carboxylic acids is 2. The van der Waals surface area contributed by atoms with Crippen molar-refractivity contribution in [1.29, 1.82) is 5.41 Å². The molecule has 0 aliphatic carbocycles. The molecule has 1 aliphatic rings. The Bertz CT molecular complexity index is 1360. The number of amides is 2. The Kier molecular flexibility index (Phi) is 5.99. The first-order chi connectivity index (χ1) is 16.0. The Hall–Kier alpha value is -3.95. The number of aryl methyl sites for hydroxylation is 1. The van der Waals surface area contributed by atoms with Crippen LogP contribution in [0.4, 0.5) is 14.5 Å². The molecule has 4 rings (SSSR count). The number of fused-ring (bicyclic) bond motifs is 1. The maximum atomic E-state index is 13.4. The highest BCUT2D eigenvalue weighted by Gasteiger charge is 2.31. The van der Waals surface area contributed by atoms with Crippen LogP contribution in [-0.4, -0.2) is 27.2 Å². The Morgan fingerprint density at radius 3 is 2.56 bits per heavy atom. The smallest absolute Gasteiger partial charge is 0.270 e. The van der Waals surface area contributed by atoms with Crippen LogP contribution in [0.2, 0.25) is 0 Å². The molecular formula is C24H23F2N5O3. The maximum absolute atomic E-state index is 13.4. The third kappa shape index (κ3) is 4.57. The molecule has 1 atom stereocenters. The molecule has 0 radical (unpaired) electrons. The summed E-state index contributed by atoms with van der Waals surface area (Å²) in [5.74, 6) is -3.49. The summed E-state index contributed by atoms with van der Waals surface area (Å²) in [4.78, 5) is 41.8. The van der Waals surface area contributed by atoms with E-state index >= 15 is 0 Å². The molecule has 1 aromatic heterocycles. The van der Waals surface area contributed by atoms with Crippen molar-refractivity contribution < 1.29 is 18.4 Å². The van der Waals surface area contributed by atoms with Crippen LogP contribution in [-0.2, 0) is 21.9 Å². The Morgan fingerprint density at radius 2 is 1.91 bits per heavy atom. The van der Waals surface area contributed by atoms with Crippen LogP contribution < -0.4 is 16.2 Å².